The van der Waals surface area contributed by atoms with E-state index in [1.807, 2.05) is 11.8 Å². The van der Waals surface area contributed by atoms with Crippen molar-refractivity contribution in [1.29, 1.82) is 0 Å². The second-order valence-electron chi connectivity index (χ2n) is 5.91. The fourth-order valence-corrected chi connectivity index (χ4v) is 3.78. The fourth-order valence-electron chi connectivity index (χ4n) is 2.67. The molecule has 1 atom stereocenters. The molecule has 2 saturated heterocycles. The molecule has 8 heteroatoms. The number of carbonyl (C=O) groups is 3. The van der Waals surface area contributed by atoms with E-state index in [1.54, 1.807) is 4.90 Å². The van der Waals surface area contributed by atoms with Crippen molar-refractivity contribution < 1.29 is 19.5 Å². The number of urea groups is 1. The molecule has 7 nitrogen and oxygen atoms in total. The molecule has 0 radical (unpaired) electrons. The average molecular weight is 315 g/mol. The first-order chi connectivity index (χ1) is 9.80. The van der Waals surface area contributed by atoms with Gasteiger partial charge in [-0.05, 0) is 13.8 Å². The Labute approximate surface area is 128 Å². The zero-order chi connectivity index (χ0) is 15.6. The highest BCUT2D eigenvalue weighted by Gasteiger charge is 2.39. The number of thioether (sulfide) groups is 1. The Bertz CT molecular complexity index is 455. The summed E-state index contributed by atoms with van der Waals surface area (Å²) in [6.45, 7) is 6.11. The van der Waals surface area contributed by atoms with Gasteiger partial charge in [-0.3, -0.25) is 9.59 Å². The Balaban J connectivity index is 2.11. The Morgan fingerprint density at radius 2 is 2.14 bits per heavy atom. The maximum Gasteiger partial charge on any atom is 0.320 e. The van der Waals surface area contributed by atoms with Gasteiger partial charge in [0.25, 0.3) is 0 Å². The van der Waals surface area contributed by atoms with Crippen LogP contribution in [0.5, 0.6) is 0 Å². The van der Waals surface area contributed by atoms with Gasteiger partial charge in [-0.15, -0.1) is 0 Å². The van der Waals surface area contributed by atoms with Crippen LogP contribution in [0, 0.1) is 0 Å². The smallest absolute Gasteiger partial charge is 0.320 e. The molecule has 2 N–H and O–H groups in total. The molecule has 0 aromatic rings. The number of carboxylic acid groups (broad SMARTS) is 1. The molecule has 0 aromatic heterocycles. The van der Waals surface area contributed by atoms with E-state index in [4.69, 9.17) is 5.11 Å². The van der Waals surface area contributed by atoms with E-state index in [2.05, 4.69) is 19.2 Å². The van der Waals surface area contributed by atoms with Crippen LogP contribution in [0.2, 0.25) is 0 Å². The number of hydrogen-bond acceptors (Lipinski definition) is 4. The quantitative estimate of drug-likeness (QED) is 0.760. The monoisotopic (exact) mass is 315 g/mol. The number of aliphatic carboxylic acids is 1. The van der Waals surface area contributed by atoms with Gasteiger partial charge in [0.05, 0.1) is 6.42 Å². The van der Waals surface area contributed by atoms with Gasteiger partial charge in [-0.25, -0.2) is 4.79 Å². The van der Waals surface area contributed by atoms with Gasteiger partial charge in [-0.2, -0.15) is 11.8 Å². The topological polar surface area (TPSA) is 90.0 Å². The maximum absolute atomic E-state index is 12.6. The number of nitrogens with one attached hydrogen (secondary N) is 1. The molecule has 2 aliphatic rings. The Morgan fingerprint density at radius 3 is 2.76 bits per heavy atom. The number of nitrogens with zero attached hydrogens (tertiary/aromatic N) is 2. The SMILES string of the molecule is CC1(C)CN(C(=O)N2CCNC(=O)C2CC(=O)O)CCS1. The molecule has 118 valence electrons. The summed E-state index contributed by atoms with van der Waals surface area (Å²) in [5, 5.41) is 11.6. The minimum atomic E-state index is -1.08. The Hall–Kier alpha value is -1.44. The largest absolute Gasteiger partial charge is 0.481 e. The van der Waals surface area contributed by atoms with Crippen LogP contribution in [0.25, 0.3) is 0 Å². The van der Waals surface area contributed by atoms with Crippen molar-refractivity contribution in [3.63, 3.8) is 0 Å². The number of carbonyl (C=O) groups excluding carboxylic acids is 2. The van der Waals surface area contributed by atoms with Crippen LogP contribution >= 0.6 is 11.8 Å². The first-order valence-electron chi connectivity index (χ1n) is 6.99. The van der Waals surface area contributed by atoms with Gasteiger partial charge in [0.1, 0.15) is 6.04 Å². The lowest BCUT2D eigenvalue weighted by Gasteiger charge is -2.42. The highest BCUT2D eigenvalue weighted by atomic mass is 32.2. The number of piperazine rings is 1. The molecule has 2 rings (SSSR count). The average Bonchev–Trinajstić information content (AvgIpc) is 2.38. The second-order valence-corrected chi connectivity index (χ2v) is 7.71. The number of hydrogen-bond donors (Lipinski definition) is 2. The van der Waals surface area contributed by atoms with Crippen molar-refractivity contribution in [2.45, 2.75) is 31.1 Å². The lowest BCUT2D eigenvalue weighted by molar-refractivity contribution is -0.142. The van der Waals surface area contributed by atoms with Gasteiger partial charge < -0.3 is 20.2 Å². The zero-order valence-corrected chi connectivity index (χ0v) is 13.1. The highest BCUT2D eigenvalue weighted by molar-refractivity contribution is 8.00. The number of carboxylic acids is 1. The summed E-state index contributed by atoms with van der Waals surface area (Å²) in [5.41, 5.74) is 0. The van der Waals surface area contributed by atoms with E-state index in [0.29, 0.717) is 26.2 Å². The van der Waals surface area contributed by atoms with Gasteiger partial charge >= 0.3 is 12.0 Å². The van der Waals surface area contributed by atoms with Crippen molar-refractivity contribution in [2.24, 2.45) is 0 Å². The molecule has 0 aromatic carbocycles. The van der Waals surface area contributed by atoms with Crippen molar-refractivity contribution in [1.82, 2.24) is 15.1 Å². The van der Waals surface area contributed by atoms with Crippen molar-refractivity contribution in [3.05, 3.63) is 0 Å². The summed E-state index contributed by atoms with van der Waals surface area (Å²) in [6, 6.07) is -1.15. The van der Waals surface area contributed by atoms with Gasteiger partial charge in [-0.1, -0.05) is 0 Å². The third-order valence-corrected chi connectivity index (χ3v) is 4.94. The maximum atomic E-state index is 12.6. The lowest BCUT2D eigenvalue weighted by atomic mass is 10.1. The number of amides is 3. The van der Waals surface area contributed by atoms with E-state index < -0.39 is 12.0 Å². The molecule has 3 amide bonds. The van der Waals surface area contributed by atoms with E-state index in [1.165, 1.54) is 4.90 Å². The van der Waals surface area contributed by atoms with Crippen LogP contribution < -0.4 is 5.32 Å². The van der Waals surface area contributed by atoms with E-state index in [9.17, 15) is 14.4 Å². The minimum Gasteiger partial charge on any atom is -0.481 e. The number of rotatable bonds is 2. The van der Waals surface area contributed by atoms with Crippen LogP contribution in [0.15, 0.2) is 0 Å². The molecular weight excluding hydrogens is 294 g/mol. The third-order valence-electron chi connectivity index (χ3n) is 3.64. The van der Waals surface area contributed by atoms with E-state index in [0.717, 1.165) is 5.75 Å². The molecule has 0 aliphatic carbocycles. The van der Waals surface area contributed by atoms with Crippen molar-refractivity contribution in [3.8, 4) is 0 Å². The van der Waals surface area contributed by atoms with Gasteiger partial charge in [0.2, 0.25) is 5.91 Å². The normalized spacial score (nSPS) is 25.4. The van der Waals surface area contributed by atoms with Crippen LogP contribution in [-0.4, -0.2) is 75.5 Å². The third kappa shape index (κ3) is 3.81. The van der Waals surface area contributed by atoms with E-state index >= 15 is 0 Å². The van der Waals surface area contributed by atoms with Gasteiger partial charge in [0.15, 0.2) is 0 Å². The lowest BCUT2D eigenvalue weighted by Crippen LogP contribution is -2.62. The molecule has 0 spiro atoms. The molecule has 0 saturated carbocycles. The molecular formula is C13H21N3O4S. The molecule has 21 heavy (non-hydrogen) atoms. The fraction of sp³-hybridized carbons (Fsp3) is 0.769. The van der Waals surface area contributed by atoms with Crippen molar-refractivity contribution >= 4 is 29.7 Å². The predicted molar refractivity (Wildman–Crippen MR) is 79.3 cm³/mol. The van der Waals surface area contributed by atoms with Crippen LogP contribution in [0.1, 0.15) is 20.3 Å². The predicted octanol–water partition coefficient (Wildman–Crippen LogP) is 0.209. The minimum absolute atomic E-state index is 0.0196. The van der Waals surface area contributed by atoms with Crippen LogP contribution in [0.3, 0.4) is 0 Å². The highest BCUT2D eigenvalue weighted by Crippen LogP contribution is 2.30. The van der Waals surface area contributed by atoms with Crippen LogP contribution in [0.4, 0.5) is 4.79 Å². The van der Waals surface area contributed by atoms with Crippen LogP contribution in [-0.2, 0) is 9.59 Å². The summed E-state index contributed by atoms with van der Waals surface area (Å²) < 4.78 is -0.0196. The first kappa shape index (κ1) is 15.9. The molecule has 2 aliphatic heterocycles. The summed E-state index contributed by atoms with van der Waals surface area (Å²) in [5.74, 6) is -0.616. The van der Waals surface area contributed by atoms with E-state index in [-0.39, 0.29) is 23.1 Å². The Kier molecular flexibility index (Phi) is 4.65. The summed E-state index contributed by atoms with van der Waals surface area (Å²) in [4.78, 5) is 38.6. The zero-order valence-electron chi connectivity index (χ0n) is 12.3. The molecule has 1 unspecified atom stereocenters. The molecule has 2 fully saturated rings. The molecule has 0 bridgehead atoms. The summed E-state index contributed by atoms with van der Waals surface area (Å²) in [7, 11) is 0. The first-order valence-corrected chi connectivity index (χ1v) is 7.98. The standard InChI is InChI=1S/C13H21N3O4S/c1-13(2)8-15(5-6-21-13)12(20)16-4-3-14-11(19)9(16)7-10(17)18/h9H,3-8H2,1-2H3,(H,14,19)(H,17,18). The van der Waals surface area contributed by atoms with Gasteiger partial charge in [0, 0.05) is 36.7 Å². The molecule has 2 heterocycles. The Morgan fingerprint density at radius 1 is 1.43 bits per heavy atom. The summed E-state index contributed by atoms with van der Waals surface area (Å²) >= 11 is 1.81. The van der Waals surface area contributed by atoms with Crippen molar-refractivity contribution in [2.75, 3.05) is 31.9 Å². The summed E-state index contributed by atoms with van der Waals surface area (Å²) in [6.07, 6.45) is -0.358. The second kappa shape index (κ2) is 6.13.